The molecule has 4 N–H and O–H groups in total. The average molecular weight is 419 g/mol. The number of aliphatic hydroxyl groups excluding tert-OH is 4. The fourth-order valence-electron chi connectivity index (χ4n) is 3.20. The summed E-state index contributed by atoms with van der Waals surface area (Å²) < 4.78 is 6.47. The summed E-state index contributed by atoms with van der Waals surface area (Å²) in [5, 5.41) is 49.6. The molecule has 1 fully saturated rings. The maximum atomic E-state index is 13.2. The van der Waals surface area contributed by atoms with E-state index in [0.29, 0.717) is 5.56 Å². The van der Waals surface area contributed by atoms with Gasteiger partial charge in [-0.15, -0.1) is 0 Å². The van der Waals surface area contributed by atoms with Crippen LogP contribution in [0.15, 0.2) is 34.2 Å². The second-order valence-electron chi connectivity index (χ2n) is 6.69. The van der Waals surface area contributed by atoms with Crippen LogP contribution in [0.5, 0.6) is 0 Å². The molecule has 0 unspecified atom stereocenters. The number of rotatable bonds is 4. The molecule has 1 aromatic carbocycles. The third-order valence-electron chi connectivity index (χ3n) is 4.82. The minimum absolute atomic E-state index is 0.147. The molecule has 0 radical (unpaired) electrons. The highest BCUT2D eigenvalue weighted by molar-refractivity contribution is 7.98. The molecule has 0 amide bonds. The molecule has 0 bridgehead atoms. The maximum absolute atomic E-state index is 13.2. The predicted molar refractivity (Wildman–Crippen MR) is 104 cm³/mol. The van der Waals surface area contributed by atoms with E-state index >= 15 is 0 Å². The number of aryl methyl sites for hydroxylation is 1. The highest BCUT2D eigenvalue weighted by atomic mass is 32.2. The molecule has 1 aliphatic rings. The molecule has 10 heteroatoms. The van der Waals surface area contributed by atoms with Crippen molar-refractivity contribution in [2.45, 2.75) is 42.7 Å². The van der Waals surface area contributed by atoms with E-state index in [1.165, 1.54) is 0 Å². The molecule has 1 aromatic heterocycles. The van der Waals surface area contributed by atoms with E-state index in [-0.39, 0.29) is 16.4 Å². The zero-order valence-electron chi connectivity index (χ0n) is 15.8. The van der Waals surface area contributed by atoms with Crippen LogP contribution in [0.1, 0.15) is 17.4 Å². The van der Waals surface area contributed by atoms with E-state index in [1.54, 1.807) is 18.4 Å². The number of ether oxygens (including phenoxy) is 1. The van der Waals surface area contributed by atoms with Gasteiger partial charge in [-0.1, -0.05) is 41.6 Å². The van der Waals surface area contributed by atoms with Crippen molar-refractivity contribution in [2.24, 2.45) is 0 Å². The molecule has 1 saturated heterocycles. The molecular formula is C19H21N3O6S. The second-order valence-corrected chi connectivity index (χ2v) is 7.47. The van der Waals surface area contributed by atoms with Gasteiger partial charge in [-0.2, -0.15) is 5.26 Å². The Hall–Kier alpha value is -2.26. The van der Waals surface area contributed by atoms with Gasteiger partial charge in [-0.3, -0.25) is 9.36 Å². The molecule has 29 heavy (non-hydrogen) atoms. The predicted octanol–water partition coefficient (Wildman–Crippen LogP) is -0.215. The summed E-state index contributed by atoms with van der Waals surface area (Å²) in [6.07, 6.45) is -5.86. The van der Waals surface area contributed by atoms with Crippen molar-refractivity contribution in [2.75, 3.05) is 12.9 Å². The highest BCUT2D eigenvalue weighted by Gasteiger charge is 2.45. The van der Waals surface area contributed by atoms with Crippen LogP contribution in [0.2, 0.25) is 0 Å². The molecule has 1 aliphatic heterocycles. The summed E-state index contributed by atoms with van der Waals surface area (Å²) in [7, 11) is 0. The van der Waals surface area contributed by atoms with Crippen molar-refractivity contribution in [1.29, 1.82) is 5.26 Å². The Morgan fingerprint density at radius 3 is 2.41 bits per heavy atom. The first-order valence-electron chi connectivity index (χ1n) is 8.82. The molecule has 3 rings (SSSR count). The minimum Gasteiger partial charge on any atom is -0.394 e. The van der Waals surface area contributed by atoms with Gasteiger partial charge in [0.05, 0.1) is 12.3 Å². The molecule has 2 heterocycles. The molecule has 5 atom stereocenters. The number of thioether (sulfide) groups is 1. The van der Waals surface area contributed by atoms with Crippen LogP contribution in [0.3, 0.4) is 0 Å². The van der Waals surface area contributed by atoms with E-state index in [2.05, 4.69) is 4.98 Å². The summed E-state index contributed by atoms with van der Waals surface area (Å²) in [5.41, 5.74) is 0.783. The number of aromatic nitrogens is 2. The maximum Gasteiger partial charge on any atom is 0.274 e. The largest absolute Gasteiger partial charge is 0.394 e. The normalized spacial score (nSPS) is 26.9. The van der Waals surface area contributed by atoms with Crippen molar-refractivity contribution in [3.8, 4) is 17.3 Å². The van der Waals surface area contributed by atoms with Gasteiger partial charge in [0, 0.05) is 5.56 Å². The Morgan fingerprint density at radius 1 is 1.21 bits per heavy atom. The van der Waals surface area contributed by atoms with Gasteiger partial charge in [0.15, 0.2) is 11.4 Å². The molecule has 2 aromatic rings. The SMILES string of the molecule is CSc1nc(-c2ccc(C)cc2)c(C#N)c(=O)n1[C@@H]1O[C@H](CO)[C@@H](O)[C@H](O)[C@H]1O. The Balaban J connectivity index is 2.19. The summed E-state index contributed by atoms with van der Waals surface area (Å²) in [6.45, 7) is 1.28. The Morgan fingerprint density at radius 2 is 1.86 bits per heavy atom. The molecule has 0 aliphatic carbocycles. The van der Waals surface area contributed by atoms with E-state index in [4.69, 9.17) is 4.74 Å². The Labute approximate surface area is 170 Å². The van der Waals surface area contributed by atoms with E-state index in [1.807, 2.05) is 25.1 Å². The third-order valence-corrected chi connectivity index (χ3v) is 5.48. The lowest BCUT2D eigenvalue weighted by Gasteiger charge is -2.40. The topological polar surface area (TPSA) is 149 Å². The van der Waals surface area contributed by atoms with Gasteiger partial charge >= 0.3 is 0 Å². The average Bonchev–Trinajstić information content (AvgIpc) is 2.72. The molecular weight excluding hydrogens is 398 g/mol. The monoisotopic (exact) mass is 419 g/mol. The number of aliphatic hydroxyl groups is 4. The highest BCUT2D eigenvalue weighted by Crippen LogP contribution is 2.31. The van der Waals surface area contributed by atoms with E-state index < -0.39 is 42.8 Å². The summed E-state index contributed by atoms with van der Waals surface area (Å²) in [4.78, 5) is 17.6. The molecule has 154 valence electrons. The fourth-order valence-corrected chi connectivity index (χ4v) is 3.76. The summed E-state index contributed by atoms with van der Waals surface area (Å²) >= 11 is 1.09. The van der Waals surface area contributed by atoms with Gasteiger partial charge in [0.25, 0.3) is 5.56 Å². The molecule has 9 nitrogen and oxygen atoms in total. The van der Waals surface area contributed by atoms with Crippen LogP contribution in [0, 0.1) is 18.3 Å². The number of nitrogens with zero attached hydrogens (tertiary/aromatic N) is 3. The van der Waals surface area contributed by atoms with Gasteiger partial charge in [-0.05, 0) is 13.2 Å². The Kier molecular flexibility index (Phi) is 6.38. The number of hydrogen-bond donors (Lipinski definition) is 4. The van der Waals surface area contributed by atoms with Crippen LogP contribution < -0.4 is 5.56 Å². The van der Waals surface area contributed by atoms with Crippen molar-refractivity contribution >= 4 is 11.8 Å². The van der Waals surface area contributed by atoms with E-state index in [9.17, 15) is 30.5 Å². The van der Waals surface area contributed by atoms with Gasteiger partial charge in [0.2, 0.25) is 0 Å². The zero-order valence-corrected chi connectivity index (χ0v) is 16.6. The fraction of sp³-hybridized carbons (Fsp3) is 0.421. The van der Waals surface area contributed by atoms with E-state index in [0.717, 1.165) is 21.9 Å². The standard InChI is InChI=1S/C19H21N3O6S/c1-9-3-5-10(6-4-9)13-11(7-20)17(27)22(19(21-13)29-2)18-16(26)15(25)14(24)12(8-23)28-18/h3-6,12,14-16,18,23-26H,8H2,1-2H3/t12-,14-,15+,16-,18-/m1/s1. The third kappa shape index (κ3) is 3.81. The van der Waals surface area contributed by atoms with Crippen LogP contribution in [-0.4, -0.2) is 67.3 Å². The van der Waals surface area contributed by atoms with Crippen LogP contribution in [-0.2, 0) is 4.74 Å². The van der Waals surface area contributed by atoms with Crippen LogP contribution >= 0.6 is 11.8 Å². The van der Waals surface area contributed by atoms with Gasteiger partial charge in [0.1, 0.15) is 36.0 Å². The molecule has 0 spiro atoms. The van der Waals surface area contributed by atoms with Gasteiger partial charge < -0.3 is 25.2 Å². The van der Waals surface area contributed by atoms with Gasteiger partial charge in [-0.25, -0.2) is 4.98 Å². The van der Waals surface area contributed by atoms with Crippen molar-refractivity contribution in [3.63, 3.8) is 0 Å². The van der Waals surface area contributed by atoms with Crippen molar-refractivity contribution < 1.29 is 25.2 Å². The lowest BCUT2D eigenvalue weighted by atomic mass is 9.98. The van der Waals surface area contributed by atoms with Crippen LogP contribution in [0.25, 0.3) is 11.3 Å². The number of hydrogen-bond acceptors (Lipinski definition) is 9. The van der Waals surface area contributed by atoms with Crippen LogP contribution in [0.4, 0.5) is 0 Å². The summed E-state index contributed by atoms with van der Waals surface area (Å²) in [6, 6.07) is 9.03. The number of nitriles is 1. The first kappa shape index (κ1) is 21.4. The Bertz CT molecular complexity index is 985. The van der Waals surface area contributed by atoms with Crippen molar-refractivity contribution in [3.05, 3.63) is 45.7 Å². The first-order chi connectivity index (χ1) is 13.8. The summed E-state index contributed by atoms with van der Waals surface area (Å²) in [5.74, 6) is 0. The second kappa shape index (κ2) is 8.62. The lowest BCUT2D eigenvalue weighted by molar-refractivity contribution is -0.254. The zero-order chi connectivity index (χ0) is 21.3. The number of benzene rings is 1. The smallest absolute Gasteiger partial charge is 0.274 e. The molecule has 0 saturated carbocycles. The minimum atomic E-state index is -1.67. The quantitative estimate of drug-likeness (QED) is 0.390. The lowest BCUT2D eigenvalue weighted by Crippen LogP contribution is -2.58. The van der Waals surface area contributed by atoms with Crippen molar-refractivity contribution in [1.82, 2.24) is 9.55 Å². The first-order valence-corrected chi connectivity index (χ1v) is 10.0.